The Labute approximate surface area is 92.6 Å². The van der Waals surface area contributed by atoms with Gasteiger partial charge in [-0.2, -0.15) is 0 Å². The largest absolute Gasteiger partial charge is 0.305 e. The van der Waals surface area contributed by atoms with Crippen LogP contribution in [0.15, 0.2) is 24.3 Å². The molecule has 15 heavy (non-hydrogen) atoms. The van der Waals surface area contributed by atoms with Crippen molar-refractivity contribution < 1.29 is 9.18 Å². The van der Waals surface area contributed by atoms with Crippen molar-refractivity contribution in [3.63, 3.8) is 0 Å². The van der Waals surface area contributed by atoms with E-state index in [-0.39, 0.29) is 11.9 Å². The first-order chi connectivity index (χ1) is 7.24. The lowest BCUT2D eigenvalue weighted by molar-refractivity contribution is -0.117. The average molecular weight is 228 g/mol. The van der Waals surface area contributed by atoms with Gasteiger partial charge in [0, 0.05) is 6.42 Å². The summed E-state index contributed by atoms with van der Waals surface area (Å²) in [5, 5.41) is 0.492. The van der Waals surface area contributed by atoms with Crippen molar-refractivity contribution in [2.45, 2.75) is 18.9 Å². The molecule has 0 bridgehead atoms. The molecule has 1 aromatic carbocycles. The molecule has 0 aliphatic carbocycles. The Balaban J connectivity index is 2.36. The van der Waals surface area contributed by atoms with Crippen molar-refractivity contribution in [2.75, 3.05) is 11.6 Å². The van der Waals surface area contributed by atoms with Gasteiger partial charge in [0.15, 0.2) is 0 Å². The molecule has 0 saturated carbocycles. The number of hydrogen-bond donors (Lipinski definition) is 0. The van der Waals surface area contributed by atoms with Gasteiger partial charge < -0.3 is 4.90 Å². The molecule has 2 nitrogen and oxygen atoms in total. The topological polar surface area (TPSA) is 20.3 Å². The van der Waals surface area contributed by atoms with Crippen molar-refractivity contribution in [3.8, 4) is 0 Å². The number of carbonyl (C=O) groups is 1. The van der Waals surface area contributed by atoms with Gasteiger partial charge in [-0.25, -0.2) is 4.39 Å². The maximum absolute atomic E-state index is 12.7. The number of para-hydroxylation sites is 1. The molecule has 1 saturated heterocycles. The quantitative estimate of drug-likeness (QED) is 0.761. The van der Waals surface area contributed by atoms with Gasteiger partial charge in [0.2, 0.25) is 5.91 Å². The van der Waals surface area contributed by atoms with Gasteiger partial charge >= 0.3 is 0 Å². The number of nitrogens with zero attached hydrogens (tertiary/aromatic N) is 1. The Morgan fingerprint density at radius 1 is 1.47 bits per heavy atom. The van der Waals surface area contributed by atoms with Crippen LogP contribution >= 0.6 is 11.6 Å². The van der Waals surface area contributed by atoms with Gasteiger partial charge in [-0.3, -0.25) is 4.79 Å². The Bertz CT molecular complexity index is 383. The first-order valence-electron chi connectivity index (χ1n) is 4.86. The summed E-state index contributed by atoms with van der Waals surface area (Å²) in [5.41, 5.74) is 0.615. The number of hydrogen-bond acceptors (Lipinski definition) is 1. The molecular formula is C11H11ClFNO. The maximum atomic E-state index is 12.7. The zero-order chi connectivity index (χ0) is 10.8. The van der Waals surface area contributed by atoms with Crippen LogP contribution in [0.4, 0.5) is 10.1 Å². The van der Waals surface area contributed by atoms with E-state index in [0.29, 0.717) is 23.6 Å². The Morgan fingerprint density at radius 3 is 2.87 bits per heavy atom. The van der Waals surface area contributed by atoms with E-state index in [4.69, 9.17) is 11.6 Å². The van der Waals surface area contributed by atoms with E-state index in [1.165, 1.54) is 4.90 Å². The van der Waals surface area contributed by atoms with Crippen LogP contribution < -0.4 is 4.90 Å². The van der Waals surface area contributed by atoms with Crippen molar-refractivity contribution in [3.05, 3.63) is 29.3 Å². The molecule has 0 aromatic heterocycles. The number of benzene rings is 1. The van der Waals surface area contributed by atoms with Crippen molar-refractivity contribution >= 4 is 23.2 Å². The smallest absolute Gasteiger partial charge is 0.227 e. The highest BCUT2D eigenvalue weighted by atomic mass is 35.5. The fourth-order valence-electron chi connectivity index (χ4n) is 1.87. The molecule has 1 aliphatic heterocycles. The molecule has 1 heterocycles. The number of amides is 1. The fraction of sp³-hybridized carbons (Fsp3) is 0.364. The molecule has 1 amide bonds. The molecule has 1 atom stereocenters. The van der Waals surface area contributed by atoms with E-state index in [1.54, 1.807) is 24.3 Å². The lowest BCUT2D eigenvalue weighted by Gasteiger charge is -2.23. The van der Waals surface area contributed by atoms with E-state index in [2.05, 4.69) is 0 Å². The van der Waals surface area contributed by atoms with Crippen LogP contribution in [0.3, 0.4) is 0 Å². The predicted molar refractivity (Wildman–Crippen MR) is 57.9 cm³/mol. The van der Waals surface area contributed by atoms with Crippen molar-refractivity contribution in [1.82, 2.24) is 0 Å². The molecule has 4 heteroatoms. The SMILES string of the molecule is O=C1CC[C@H](CF)N1c1ccccc1Cl. The van der Waals surface area contributed by atoms with Gasteiger partial charge in [-0.15, -0.1) is 0 Å². The third-order valence-corrected chi connectivity index (χ3v) is 2.93. The normalized spacial score (nSPS) is 21.1. The monoisotopic (exact) mass is 227 g/mol. The molecule has 1 aliphatic rings. The van der Waals surface area contributed by atoms with Crippen molar-refractivity contribution in [1.29, 1.82) is 0 Å². The third kappa shape index (κ3) is 1.84. The van der Waals surface area contributed by atoms with Crippen LogP contribution in [0.1, 0.15) is 12.8 Å². The van der Waals surface area contributed by atoms with Gasteiger partial charge in [0.25, 0.3) is 0 Å². The van der Waals surface area contributed by atoms with Crippen LogP contribution in [0, 0.1) is 0 Å². The van der Waals surface area contributed by atoms with Crippen LogP contribution in [-0.2, 0) is 4.79 Å². The molecule has 0 radical (unpaired) electrons. The summed E-state index contributed by atoms with van der Waals surface area (Å²) in [5.74, 6) is -0.0502. The number of rotatable bonds is 2. The summed E-state index contributed by atoms with van der Waals surface area (Å²) in [4.78, 5) is 13.1. The molecule has 0 unspecified atom stereocenters. The maximum Gasteiger partial charge on any atom is 0.227 e. The predicted octanol–water partition coefficient (Wildman–Crippen LogP) is 2.80. The fourth-order valence-corrected chi connectivity index (χ4v) is 2.09. The average Bonchev–Trinajstić information content (AvgIpc) is 2.60. The van der Waals surface area contributed by atoms with Gasteiger partial charge in [0.1, 0.15) is 6.67 Å². The van der Waals surface area contributed by atoms with Crippen LogP contribution in [-0.4, -0.2) is 18.6 Å². The third-order valence-electron chi connectivity index (χ3n) is 2.62. The summed E-state index contributed by atoms with van der Waals surface area (Å²) >= 11 is 5.98. The highest BCUT2D eigenvalue weighted by Gasteiger charge is 2.32. The minimum Gasteiger partial charge on any atom is -0.305 e. The van der Waals surface area contributed by atoms with Gasteiger partial charge in [0.05, 0.1) is 16.8 Å². The zero-order valence-corrected chi connectivity index (χ0v) is 8.88. The number of halogens is 2. The first kappa shape index (κ1) is 10.4. The number of anilines is 1. The number of alkyl halides is 1. The van der Waals surface area contributed by atoms with E-state index in [9.17, 15) is 9.18 Å². The van der Waals surface area contributed by atoms with E-state index < -0.39 is 6.67 Å². The first-order valence-corrected chi connectivity index (χ1v) is 5.24. The summed E-state index contributed by atoms with van der Waals surface area (Å²) < 4.78 is 12.7. The van der Waals surface area contributed by atoms with E-state index >= 15 is 0 Å². The lowest BCUT2D eigenvalue weighted by atomic mass is 10.2. The van der Waals surface area contributed by atoms with Crippen molar-refractivity contribution in [2.24, 2.45) is 0 Å². The summed E-state index contributed by atoms with van der Waals surface area (Å²) in [6, 6.07) is 6.68. The number of carbonyl (C=O) groups excluding carboxylic acids is 1. The standard InChI is InChI=1S/C11H11ClFNO/c12-9-3-1-2-4-10(9)14-8(7-13)5-6-11(14)15/h1-4,8H,5-7H2/t8-/m1/s1. The lowest BCUT2D eigenvalue weighted by Crippen LogP contribution is -2.34. The highest BCUT2D eigenvalue weighted by Crippen LogP contribution is 2.32. The van der Waals surface area contributed by atoms with E-state index in [1.807, 2.05) is 0 Å². The second-order valence-corrected chi connectivity index (χ2v) is 3.97. The Morgan fingerprint density at radius 2 is 2.20 bits per heavy atom. The Hall–Kier alpha value is -1.09. The summed E-state index contributed by atoms with van der Waals surface area (Å²) in [6.07, 6.45) is 0.973. The minimum atomic E-state index is -0.517. The second-order valence-electron chi connectivity index (χ2n) is 3.56. The molecule has 0 spiro atoms. The molecule has 1 aromatic rings. The molecule has 2 rings (SSSR count). The summed E-state index contributed by atoms with van der Waals surface area (Å²) in [6.45, 7) is -0.517. The van der Waals surface area contributed by atoms with Gasteiger partial charge in [-0.05, 0) is 18.6 Å². The van der Waals surface area contributed by atoms with E-state index in [0.717, 1.165) is 0 Å². The Kier molecular flexibility index (Phi) is 2.91. The highest BCUT2D eigenvalue weighted by molar-refractivity contribution is 6.33. The molecule has 1 fully saturated rings. The van der Waals surface area contributed by atoms with Crippen LogP contribution in [0.25, 0.3) is 0 Å². The van der Waals surface area contributed by atoms with Crippen LogP contribution in [0.5, 0.6) is 0 Å². The van der Waals surface area contributed by atoms with Gasteiger partial charge in [-0.1, -0.05) is 23.7 Å². The second kappa shape index (κ2) is 4.19. The summed E-state index contributed by atoms with van der Waals surface area (Å²) in [7, 11) is 0. The molecule has 0 N–H and O–H groups in total. The zero-order valence-electron chi connectivity index (χ0n) is 8.12. The van der Waals surface area contributed by atoms with Crippen LogP contribution in [0.2, 0.25) is 5.02 Å². The minimum absolute atomic E-state index is 0.0502. The molecule has 80 valence electrons. The molecular weight excluding hydrogens is 217 g/mol.